The van der Waals surface area contributed by atoms with Crippen LogP contribution in [0.3, 0.4) is 0 Å². The molecule has 4 aliphatic carbocycles. The summed E-state index contributed by atoms with van der Waals surface area (Å²) in [5.74, 6) is -0.777. The largest absolute Gasteiger partial charge is 0.393 e. The van der Waals surface area contributed by atoms with Gasteiger partial charge in [-0.15, -0.1) is 0 Å². The number of nitrogens with one attached hydrogen (secondary N) is 1. The van der Waals surface area contributed by atoms with Crippen LogP contribution in [0.4, 0.5) is 0 Å². The zero-order valence-electron chi connectivity index (χ0n) is 23.8. The highest BCUT2D eigenvalue weighted by Crippen LogP contribution is 2.70. The molecule has 0 amide bonds. The number of hydrogen-bond donors (Lipinski definition) is 2. The Kier molecular flexibility index (Phi) is 5.95. The molecule has 7 rings (SSSR count). The van der Waals surface area contributed by atoms with Crippen molar-refractivity contribution in [2.24, 2.45) is 28.6 Å². The fourth-order valence-corrected chi connectivity index (χ4v) is 10.1. The van der Waals surface area contributed by atoms with Gasteiger partial charge in [0.25, 0.3) is 5.56 Å². The number of para-hydroxylation sites is 1. The van der Waals surface area contributed by atoms with Crippen molar-refractivity contribution < 1.29 is 24.2 Å². The van der Waals surface area contributed by atoms with Crippen molar-refractivity contribution in [1.29, 1.82) is 0 Å². The number of thioether (sulfide) groups is 1. The summed E-state index contributed by atoms with van der Waals surface area (Å²) in [6.07, 6.45) is 6.99. The lowest BCUT2D eigenvalue weighted by Crippen LogP contribution is -2.63. The summed E-state index contributed by atoms with van der Waals surface area (Å²) in [4.78, 5) is 46.6. The minimum Gasteiger partial charge on any atom is -0.393 e. The molecule has 8 nitrogen and oxygen atoms in total. The number of Topliss-reactive ketones (excluding diaryl/α,β-unsaturated/α-hetero) is 1. The summed E-state index contributed by atoms with van der Waals surface area (Å²) < 4.78 is 13.2. The Morgan fingerprint density at radius 2 is 1.98 bits per heavy atom. The second-order valence-electron chi connectivity index (χ2n) is 13.4. The molecule has 1 aromatic heterocycles. The maximum Gasteiger partial charge on any atom is 0.259 e. The standard InChI is InChI=1S/C32H36N2O6S/c1-29(2)39-25-14-21-19-10-9-17-13-18(35)11-12-30(17,3)26(19)23(36)15-31(21,4)32(25,40-29)24(37)16-41-28-33-22-8-6-5-7-20(22)27(38)34-28/h5-8,11-13,19,21,23,25-26,36H,9-10,14-16H2,1-4H3,(H,33,34,38)/t19?,21?,23-,25+,26?,30?,31?,32+/m0/s1. The van der Waals surface area contributed by atoms with Crippen molar-refractivity contribution in [2.75, 3.05) is 5.75 Å². The number of ketones is 2. The molecule has 1 aromatic carbocycles. The minimum atomic E-state index is -1.23. The minimum absolute atomic E-state index is 0.00907. The summed E-state index contributed by atoms with van der Waals surface area (Å²) in [6.45, 7) is 7.94. The number of ether oxygens (including phenoxy) is 2. The van der Waals surface area contributed by atoms with Crippen molar-refractivity contribution in [3.8, 4) is 0 Å². The third-order valence-electron chi connectivity index (χ3n) is 10.8. The van der Waals surface area contributed by atoms with Gasteiger partial charge < -0.3 is 19.6 Å². The van der Waals surface area contributed by atoms with Crippen LogP contribution < -0.4 is 5.56 Å². The molecule has 4 fully saturated rings. The number of hydrogen-bond acceptors (Lipinski definition) is 8. The van der Waals surface area contributed by atoms with E-state index >= 15 is 0 Å². The van der Waals surface area contributed by atoms with Crippen LogP contribution in [0.5, 0.6) is 0 Å². The van der Waals surface area contributed by atoms with Crippen molar-refractivity contribution in [2.45, 2.75) is 82.1 Å². The average molecular weight is 577 g/mol. The summed E-state index contributed by atoms with van der Waals surface area (Å²) >= 11 is 1.20. The third kappa shape index (κ3) is 3.78. The first-order valence-corrected chi connectivity index (χ1v) is 15.5. The molecule has 3 saturated carbocycles. The Labute approximate surface area is 243 Å². The van der Waals surface area contributed by atoms with Crippen LogP contribution in [0.15, 0.2) is 58.0 Å². The number of rotatable bonds is 4. The molecule has 8 atom stereocenters. The van der Waals surface area contributed by atoms with Gasteiger partial charge in [0.1, 0.15) is 0 Å². The first kappa shape index (κ1) is 27.3. The number of aromatic amines is 1. The molecule has 216 valence electrons. The van der Waals surface area contributed by atoms with E-state index in [9.17, 15) is 19.5 Å². The number of allylic oxidation sites excluding steroid dienone is 4. The SMILES string of the molecule is CC1(C)O[C@@H]2CC3C4CCC5=CC(=O)C=CC5(C)C4[C@@H](O)CC3(C)[C@]2(C(=O)CSc2nc3ccccc3c(=O)[nH]2)O1. The van der Waals surface area contributed by atoms with Crippen molar-refractivity contribution in [3.63, 3.8) is 0 Å². The fourth-order valence-electron chi connectivity index (χ4n) is 9.30. The Balaban J connectivity index is 1.23. The van der Waals surface area contributed by atoms with Crippen LogP contribution in [0.25, 0.3) is 10.9 Å². The van der Waals surface area contributed by atoms with E-state index in [1.165, 1.54) is 11.8 Å². The number of carbonyl (C=O) groups is 2. The Hall–Kier alpha value is -2.59. The van der Waals surface area contributed by atoms with Crippen LogP contribution in [0.1, 0.15) is 53.4 Å². The summed E-state index contributed by atoms with van der Waals surface area (Å²) in [5, 5.41) is 12.8. The fraction of sp³-hybridized carbons (Fsp3) is 0.562. The van der Waals surface area contributed by atoms with Gasteiger partial charge in [-0.05, 0) is 75.7 Å². The smallest absolute Gasteiger partial charge is 0.259 e. The Morgan fingerprint density at radius 1 is 1.20 bits per heavy atom. The van der Waals surface area contributed by atoms with Crippen LogP contribution in [0, 0.1) is 28.6 Å². The Morgan fingerprint density at radius 3 is 2.78 bits per heavy atom. The number of aliphatic hydroxyl groups excluding tert-OH is 1. The molecule has 0 radical (unpaired) electrons. The van der Waals surface area contributed by atoms with Crippen molar-refractivity contribution >= 4 is 34.2 Å². The van der Waals surface area contributed by atoms with Gasteiger partial charge in [0.05, 0.1) is 28.9 Å². The topological polar surface area (TPSA) is 119 Å². The zero-order valence-corrected chi connectivity index (χ0v) is 24.6. The molecule has 2 heterocycles. The first-order valence-electron chi connectivity index (χ1n) is 14.5. The lowest BCUT2D eigenvalue weighted by molar-refractivity contribution is -0.223. The number of benzene rings is 1. The van der Waals surface area contributed by atoms with Crippen molar-refractivity contribution in [3.05, 3.63) is 58.4 Å². The van der Waals surface area contributed by atoms with E-state index in [1.54, 1.807) is 30.4 Å². The van der Waals surface area contributed by atoms with E-state index in [0.717, 1.165) is 18.4 Å². The van der Waals surface area contributed by atoms with E-state index in [4.69, 9.17) is 9.47 Å². The molecule has 9 heteroatoms. The molecular formula is C32H36N2O6S. The van der Waals surface area contributed by atoms with Crippen LogP contribution in [-0.2, 0) is 19.1 Å². The maximum atomic E-state index is 14.4. The van der Waals surface area contributed by atoms with Gasteiger partial charge >= 0.3 is 0 Å². The van der Waals surface area contributed by atoms with Gasteiger partial charge in [-0.25, -0.2) is 4.98 Å². The molecule has 2 N–H and O–H groups in total. The number of H-pyrrole nitrogens is 1. The van der Waals surface area contributed by atoms with Crippen LogP contribution >= 0.6 is 11.8 Å². The van der Waals surface area contributed by atoms with E-state index in [2.05, 4.69) is 23.8 Å². The van der Waals surface area contributed by atoms with Gasteiger partial charge in [0.15, 0.2) is 28.1 Å². The van der Waals surface area contributed by atoms with Gasteiger partial charge in [-0.2, -0.15) is 0 Å². The van der Waals surface area contributed by atoms with Gasteiger partial charge in [-0.1, -0.05) is 49.4 Å². The molecule has 1 aliphatic heterocycles. The van der Waals surface area contributed by atoms with E-state index < -0.39 is 34.4 Å². The molecular weight excluding hydrogens is 540 g/mol. The molecule has 2 aromatic rings. The highest BCUT2D eigenvalue weighted by molar-refractivity contribution is 7.99. The average Bonchev–Trinajstić information content (AvgIpc) is 3.33. The van der Waals surface area contributed by atoms with Gasteiger partial charge in [0, 0.05) is 16.7 Å². The predicted molar refractivity (Wildman–Crippen MR) is 154 cm³/mol. The molecule has 0 bridgehead atoms. The summed E-state index contributed by atoms with van der Waals surface area (Å²) in [7, 11) is 0. The lowest BCUT2D eigenvalue weighted by Gasteiger charge is -2.60. The molecule has 5 aliphatic rings. The number of nitrogens with zero attached hydrogens (tertiary/aromatic N) is 1. The number of fused-ring (bicyclic) bond motifs is 8. The number of aromatic nitrogens is 2. The van der Waals surface area contributed by atoms with Crippen LogP contribution in [-0.4, -0.2) is 56.0 Å². The van der Waals surface area contributed by atoms with Gasteiger partial charge in [0.2, 0.25) is 0 Å². The summed E-state index contributed by atoms with van der Waals surface area (Å²) in [6, 6.07) is 7.13. The molecule has 1 saturated heterocycles. The van der Waals surface area contributed by atoms with Gasteiger partial charge in [-0.3, -0.25) is 14.4 Å². The Bertz CT molecular complexity index is 1600. The normalized spacial score (nSPS) is 40.5. The van der Waals surface area contributed by atoms with E-state index in [0.29, 0.717) is 28.9 Å². The molecule has 5 unspecified atom stereocenters. The highest BCUT2D eigenvalue weighted by Gasteiger charge is 2.76. The van der Waals surface area contributed by atoms with Crippen LogP contribution in [0.2, 0.25) is 0 Å². The molecule has 0 spiro atoms. The zero-order chi connectivity index (χ0) is 28.9. The monoisotopic (exact) mass is 576 g/mol. The lowest BCUT2D eigenvalue weighted by atomic mass is 9.46. The predicted octanol–water partition coefficient (Wildman–Crippen LogP) is 4.36. The second-order valence-corrected chi connectivity index (χ2v) is 14.4. The third-order valence-corrected chi connectivity index (χ3v) is 11.7. The second kappa shape index (κ2) is 8.96. The van der Waals surface area contributed by atoms with E-state index in [-0.39, 0.29) is 40.6 Å². The number of aliphatic hydroxyl groups is 1. The molecule has 41 heavy (non-hydrogen) atoms. The highest BCUT2D eigenvalue weighted by atomic mass is 32.2. The van der Waals surface area contributed by atoms with Crippen molar-refractivity contribution in [1.82, 2.24) is 9.97 Å². The maximum absolute atomic E-state index is 14.4. The quantitative estimate of drug-likeness (QED) is 0.407. The van der Waals surface area contributed by atoms with E-state index in [1.807, 2.05) is 26.0 Å². The summed E-state index contributed by atoms with van der Waals surface area (Å²) in [5.41, 5.74) is -0.839. The first-order chi connectivity index (χ1) is 19.4. The number of carbonyl (C=O) groups excluding carboxylic acids is 2.